The van der Waals surface area contributed by atoms with Crippen LogP contribution in [0.4, 0.5) is 0 Å². The first-order valence-electron chi connectivity index (χ1n) is 6.93. The highest BCUT2D eigenvalue weighted by Crippen LogP contribution is 2.33. The van der Waals surface area contributed by atoms with Crippen LogP contribution in [0.2, 0.25) is 0 Å². The average Bonchev–Trinajstić information content (AvgIpc) is 2.28. The van der Waals surface area contributed by atoms with Gasteiger partial charge in [0, 0.05) is 0 Å². The van der Waals surface area contributed by atoms with Crippen molar-refractivity contribution in [1.29, 1.82) is 0 Å². The Hall–Kier alpha value is -1.10. The smallest absolute Gasteiger partial charge is 0.321 e. The summed E-state index contributed by atoms with van der Waals surface area (Å²) in [6.45, 7) is 5.32. The van der Waals surface area contributed by atoms with Crippen LogP contribution < -0.4 is 5.73 Å². The summed E-state index contributed by atoms with van der Waals surface area (Å²) in [5.74, 6) is -2.33. The van der Waals surface area contributed by atoms with Gasteiger partial charge in [-0.2, -0.15) is 0 Å². The fourth-order valence-corrected chi connectivity index (χ4v) is 2.65. The number of hydrogen-bond donors (Lipinski definition) is 2. The minimum atomic E-state index is -1.18. The average molecular weight is 271 g/mol. The van der Waals surface area contributed by atoms with Gasteiger partial charge in [0.1, 0.15) is 11.6 Å². The van der Waals surface area contributed by atoms with Crippen LogP contribution in [0.15, 0.2) is 0 Å². The number of rotatable bonds is 4. The molecule has 0 spiro atoms. The Morgan fingerprint density at radius 1 is 1.21 bits per heavy atom. The van der Waals surface area contributed by atoms with E-state index in [4.69, 9.17) is 15.6 Å². The Morgan fingerprint density at radius 2 is 1.74 bits per heavy atom. The fourth-order valence-electron chi connectivity index (χ4n) is 2.65. The first-order valence-corrected chi connectivity index (χ1v) is 6.93. The lowest BCUT2D eigenvalue weighted by Gasteiger charge is -2.33. The molecule has 1 rings (SSSR count). The second-order valence-corrected chi connectivity index (χ2v) is 6.32. The fraction of sp³-hybridized carbons (Fsp3) is 0.857. The van der Waals surface area contributed by atoms with Crippen LogP contribution >= 0.6 is 0 Å². The van der Waals surface area contributed by atoms with Crippen molar-refractivity contribution in [2.24, 2.45) is 17.6 Å². The molecule has 0 amide bonds. The number of carboxylic acid groups (broad SMARTS) is 1. The van der Waals surface area contributed by atoms with Crippen LogP contribution in [0, 0.1) is 11.8 Å². The molecule has 3 N–H and O–H groups in total. The molecule has 19 heavy (non-hydrogen) atoms. The van der Waals surface area contributed by atoms with Crippen LogP contribution in [0.1, 0.15) is 52.9 Å². The molecule has 2 atom stereocenters. The Morgan fingerprint density at radius 3 is 2.16 bits per heavy atom. The topological polar surface area (TPSA) is 89.6 Å². The molecular formula is C14H25NO4. The van der Waals surface area contributed by atoms with E-state index < -0.39 is 29.5 Å². The maximum absolute atomic E-state index is 12.2. The highest BCUT2D eigenvalue weighted by molar-refractivity contribution is 5.83. The second kappa shape index (κ2) is 6.37. The van der Waals surface area contributed by atoms with Gasteiger partial charge >= 0.3 is 11.9 Å². The molecule has 1 aliphatic rings. The molecule has 110 valence electrons. The second-order valence-electron chi connectivity index (χ2n) is 6.32. The van der Waals surface area contributed by atoms with Crippen molar-refractivity contribution in [3.05, 3.63) is 0 Å². The molecule has 0 aromatic rings. The minimum Gasteiger partial charge on any atom is -0.480 e. The zero-order valence-electron chi connectivity index (χ0n) is 12.0. The van der Waals surface area contributed by atoms with Crippen LogP contribution in [0.3, 0.4) is 0 Å². The molecular weight excluding hydrogens is 246 g/mol. The summed E-state index contributed by atoms with van der Waals surface area (Å²) in [5.41, 5.74) is 5.09. The largest absolute Gasteiger partial charge is 0.480 e. The molecule has 1 fully saturated rings. The maximum Gasteiger partial charge on any atom is 0.321 e. The Labute approximate surface area is 114 Å². The van der Waals surface area contributed by atoms with Crippen molar-refractivity contribution in [3.63, 3.8) is 0 Å². The van der Waals surface area contributed by atoms with Gasteiger partial charge in [-0.05, 0) is 39.5 Å². The van der Waals surface area contributed by atoms with Gasteiger partial charge in [0.25, 0.3) is 0 Å². The van der Waals surface area contributed by atoms with Gasteiger partial charge in [0.15, 0.2) is 0 Å². The van der Waals surface area contributed by atoms with Gasteiger partial charge < -0.3 is 15.6 Å². The monoisotopic (exact) mass is 271 g/mol. The predicted octanol–water partition coefficient (Wildman–Crippen LogP) is 1.94. The molecule has 0 aliphatic heterocycles. The lowest BCUT2D eigenvalue weighted by molar-refractivity contribution is -0.167. The molecule has 0 aromatic heterocycles. The summed E-state index contributed by atoms with van der Waals surface area (Å²) in [4.78, 5) is 23.4. The lowest BCUT2D eigenvalue weighted by Crippen LogP contribution is -2.48. The summed E-state index contributed by atoms with van der Waals surface area (Å²) in [7, 11) is 0. The van der Waals surface area contributed by atoms with E-state index >= 15 is 0 Å². The SMILES string of the molecule is CC(C)(C)OC(=O)C(C1CCCCC1)[C@H](N)C(=O)O. The van der Waals surface area contributed by atoms with Crippen LogP contribution in [-0.4, -0.2) is 28.7 Å². The van der Waals surface area contributed by atoms with Gasteiger partial charge in [-0.25, -0.2) is 0 Å². The first kappa shape index (κ1) is 16.0. The standard InChI is InChI=1S/C14H25NO4/c1-14(2,3)19-13(18)10(11(15)12(16)17)9-7-5-4-6-8-9/h9-11H,4-8,15H2,1-3H3,(H,16,17)/t10?,11-/m0/s1. The molecule has 0 saturated heterocycles. The van der Waals surface area contributed by atoms with Crippen molar-refractivity contribution in [2.45, 2.75) is 64.5 Å². The van der Waals surface area contributed by atoms with Crippen LogP contribution in [0.5, 0.6) is 0 Å². The number of carbonyl (C=O) groups excluding carboxylic acids is 1. The highest BCUT2D eigenvalue weighted by atomic mass is 16.6. The Balaban J connectivity index is 2.84. The zero-order chi connectivity index (χ0) is 14.6. The van der Waals surface area contributed by atoms with E-state index in [1.165, 1.54) is 0 Å². The molecule has 0 heterocycles. The van der Waals surface area contributed by atoms with Crippen molar-refractivity contribution in [3.8, 4) is 0 Å². The molecule has 5 heteroatoms. The van der Waals surface area contributed by atoms with Gasteiger partial charge in [0.2, 0.25) is 0 Å². The molecule has 0 bridgehead atoms. The van der Waals surface area contributed by atoms with Crippen molar-refractivity contribution < 1.29 is 19.4 Å². The lowest BCUT2D eigenvalue weighted by atomic mass is 9.76. The van der Waals surface area contributed by atoms with Crippen molar-refractivity contribution in [1.82, 2.24) is 0 Å². The van der Waals surface area contributed by atoms with E-state index in [-0.39, 0.29) is 5.92 Å². The molecule has 0 radical (unpaired) electrons. The summed E-state index contributed by atoms with van der Waals surface area (Å²) >= 11 is 0. The predicted molar refractivity (Wildman–Crippen MR) is 71.5 cm³/mol. The van der Waals surface area contributed by atoms with E-state index in [9.17, 15) is 9.59 Å². The normalized spacial score (nSPS) is 20.6. The molecule has 1 saturated carbocycles. The summed E-state index contributed by atoms with van der Waals surface area (Å²) < 4.78 is 5.34. The number of aliphatic carboxylic acids is 1. The van der Waals surface area contributed by atoms with Gasteiger partial charge in [-0.1, -0.05) is 19.3 Å². The third-order valence-electron chi connectivity index (χ3n) is 3.51. The van der Waals surface area contributed by atoms with Crippen molar-refractivity contribution >= 4 is 11.9 Å². The maximum atomic E-state index is 12.2. The summed E-state index contributed by atoms with van der Waals surface area (Å²) in [6.07, 6.45) is 4.89. The third-order valence-corrected chi connectivity index (χ3v) is 3.51. The number of esters is 1. The zero-order valence-corrected chi connectivity index (χ0v) is 12.0. The van der Waals surface area contributed by atoms with Crippen LogP contribution in [-0.2, 0) is 14.3 Å². The number of carbonyl (C=O) groups is 2. The minimum absolute atomic E-state index is 0.0229. The molecule has 0 aromatic carbocycles. The van der Waals surface area contributed by atoms with Gasteiger partial charge in [-0.15, -0.1) is 0 Å². The van der Waals surface area contributed by atoms with Crippen molar-refractivity contribution in [2.75, 3.05) is 0 Å². The van der Waals surface area contributed by atoms with E-state index in [1.54, 1.807) is 20.8 Å². The molecule has 1 unspecified atom stereocenters. The van der Waals surface area contributed by atoms with E-state index in [1.807, 2.05) is 0 Å². The van der Waals surface area contributed by atoms with Crippen LogP contribution in [0.25, 0.3) is 0 Å². The first-order chi connectivity index (χ1) is 8.72. The van der Waals surface area contributed by atoms with Gasteiger partial charge in [0.05, 0.1) is 5.92 Å². The number of carboxylic acids is 1. The quantitative estimate of drug-likeness (QED) is 0.763. The van der Waals surface area contributed by atoms with E-state index in [0.717, 1.165) is 32.1 Å². The molecule has 5 nitrogen and oxygen atoms in total. The highest BCUT2D eigenvalue weighted by Gasteiger charge is 2.40. The number of nitrogens with two attached hydrogens (primary N) is 1. The number of hydrogen-bond acceptors (Lipinski definition) is 4. The summed E-state index contributed by atoms with van der Waals surface area (Å²) in [6, 6.07) is -1.18. The van der Waals surface area contributed by atoms with E-state index in [0.29, 0.717) is 0 Å². The summed E-state index contributed by atoms with van der Waals surface area (Å²) in [5, 5.41) is 9.10. The van der Waals surface area contributed by atoms with E-state index in [2.05, 4.69) is 0 Å². The van der Waals surface area contributed by atoms with Gasteiger partial charge in [-0.3, -0.25) is 9.59 Å². The third kappa shape index (κ3) is 4.82. The molecule has 1 aliphatic carbocycles. The Bertz CT molecular complexity index is 329. The Kier molecular flexibility index (Phi) is 5.35. The number of ether oxygens (including phenoxy) is 1.